The first-order chi connectivity index (χ1) is 36.6. The molecule has 9 amide bonds. The van der Waals surface area contributed by atoms with E-state index in [9.17, 15) is 61.0 Å². The van der Waals surface area contributed by atoms with Gasteiger partial charge in [0.2, 0.25) is 29.5 Å². The number of urea groups is 1. The lowest BCUT2D eigenvalue weighted by Gasteiger charge is -2.40. The Morgan fingerprint density at radius 3 is 2.03 bits per heavy atom. The van der Waals surface area contributed by atoms with Crippen LogP contribution in [0.2, 0.25) is 0 Å². The number of imide groups is 1. The van der Waals surface area contributed by atoms with Crippen molar-refractivity contribution in [1.29, 1.82) is 0 Å². The number of aliphatic carboxylic acids is 1. The van der Waals surface area contributed by atoms with E-state index in [2.05, 4.69) is 26.6 Å². The molecule has 22 nitrogen and oxygen atoms in total. The van der Waals surface area contributed by atoms with Gasteiger partial charge in [0.25, 0.3) is 11.8 Å². The zero-order valence-corrected chi connectivity index (χ0v) is 42.7. The summed E-state index contributed by atoms with van der Waals surface area (Å²) in [4.78, 5) is 118. The Morgan fingerprint density at radius 1 is 0.821 bits per heavy atom. The van der Waals surface area contributed by atoms with Crippen LogP contribution in [0.15, 0.2) is 91.1 Å². The SMILES string of the molecule is CC(NC(=O)CCNC(=O)C(N)CCN(C(=O)CO)C(c1nc(-c2cc(F)ccc2F)cn1Cc1ccccc1)C(C)(C)C)C(=O)N[C@@H](CCCNC(N)=O)C(=O)Nc1ccc(N2C(=O)C=CC2=O)cc1.O=C(O)C(F)(F)F. The van der Waals surface area contributed by atoms with Gasteiger partial charge in [-0.25, -0.2) is 28.3 Å². The van der Waals surface area contributed by atoms with Gasteiger partial charge < -0.3 is 57.7 Å². The van der Waals surface area contributed by atoms with E-state index in [4.69, 9.17) is 26.4 Å². The number of rotatable bonds is 23. The molecule has 420 valence electrons. The summed E-state index contributed by atoms with van der Waals surface area (Å²) in [7, 11) is 0. The van der Waals surface area contributed by atoms with Gasteiger partial charge in [0.1, 0.15) is 36.1 Å². The predicted octanol–water partition coefficient (Wildman–Crippen LogP) is 3.15. The molecule has 0 aliphatic carbocycles. The van der Waals surface area contributed by atoms with Gasteiger partial charge in [-0.2, -0.15) is 13.2 Å². The molecular weight excluding hydrogens is 1040 g/mol. The fourth-order valence-electron chi connectivity index (χ4n) is 7.74. The highest BCUT2D eigenvalue weighted by Gasteiger charge is 2.40. The summed E-state index contributed by atoms with van der Waals surface area (Å²) in [6.07, 6.45) is -1.35. The highest BCUT2D eigenvalue weighted by Crippen LogP contribution is 2.40. The number of nitrogens with two attached hydrogens (primary N) is 2. The molecule has 2 heterocycles. The van der Waals surface area contributed by atoms with Crippen LogP contribution in [0.25, 0.3) is 11.3 Å². The number of hydrogen-bond donors (Lipinski definition) is 9. The van der Waals surface area contributed by atoms with Crippen molar-refractivity contribution in [3.05, 3.63) is 114 Å². The standard InChI is InChI=1S/C49H59F2N11O9.C2HF3O2/c1-29(45(68)59-37(11-8-22-55-48(53)71)47(70)57-32-13-15-33(16-14-32)62-40(65)18-19-41(62)66)56-39(64)20-23-54-46(69)36(52)21-24-61(42(67)28-63)43(49(2,3)4)44-58-38(34-25-31(50)12-17-35(34)51)27-60(44)26-30-9-6-5-7-10-30;3-2(4,5)1(6)7/h5-7,9-10,12-19,25,27,29,36-37,43,63H,8,11,20-24,26,28,52H2,1-4H3,(H,54,69)(H,56,64)(H,57,70)(H,59,68)(H3,53,55,71);(H,6,7)/t29?,36?,37-,43?;/m0./s1. The maximum atomic E-state index is 15.1. The summed E-state index contributed by atoms with van der Waals surface area (Å²) in [5, 5.41) is 30.0. The van der Waals surface area contributed by atoms with Crippen molar-refractivity contribution < 1.29 is 75.3 Å². The number of carboxylic acids is 1. The fourth-order valence-corrected chi connectivity index (χ4v) is 7.74. The number of alkyl halides is 3. The maximum absolute atomic E-state index is 15.1. The Balaban J connectivity index is 0.00000175. The highest BCUT2D eigenvalue weighted by molar-refractivity contribution is 6.28. The van der Waals surface area contributed by atoms with Crippen molar-refractivity contribution in [2.24, 2.45) is 16.9 Å². The lowest BCUT2D eigenvalue weighted by molar-refractivity contribution is -0.192. The van der Waals surface area contributed by atoms with Gasteiger partial charge in [0.15, 0.2) is 0 Å². The van der Waals surface area contributed by atoms with Crippen molar-refractivity contribution in [1.82, 2.24) is 35.7 Å². The molecule has 0 bridgehead atoms. The molecule has 0 radical (unpaired) electrons. The van der Waals surface area contributed by atoms with E-state index in [1.54, 1.807) is 10.8 Å². The molecule has 5 rings (SSSR count). The number of aliphatic hydroxyl groups is 1. The van der Waals surface area contributed by atoms with Crippen LogP contribution in [-0.2, 0) is 44.9 Å². The van der Waals surface area contributed by atoms with Crippen molar-refractivity contribution in [3.63, 3.8) is 0 Å². The zero-order chi connectivity index (χ0) is 58.1. The van der Waals surface area contributed by atoms with Crippen molar-refractivity contribution in [3.8, 4) is 11.3 Å². The normalized spacial score (nSPS) is 13.8. The van der Waals surface area contributed by atoms with Crippen LogP contribution in [0.4, 0.5) is 38.1 Å². The molecular formula is C51H60F5N11O11. The number of carbonyl (C=O) groups is 9. The predicted molar refractivity (Wildman–Crippen MR) is 271 cm³/mol. The van der Waals surface area contributed by atoms with Gasteiger partial charge in [-0.05, 0) is 79.6 Å². The number of carbonyl (C=O) groups excluding carboxylic acids is 8. The first-order valence-corrected chi connectivity index (χ1v) is 24.0. The van der Waals surface area contributed by atoms with Crippen molar-refractivity contribution in [2.45, 2.75) is 90.3 Å². The van der Waals surface area contributed by atoms with Crippen molar-refractivity contribution >= 4 is 64.7 Å². The highest BCUT2D eigenvalue weighted by atomic mass is 19.4. The van der Waals surface area contributed by atoms with Gasteiger partial charge in [-0.15, -0.1) is 0 Å². The Bertz CT molecular complexity index is 2820. The summed E-state index contributed by atoms with van der Waals surface area (Å²) in [6.45, 7) is 6.03. The molecule has 3 aromatic carbocycles. The Kier molecular flexibility index (Phi) is 22.2. The number of halogens is 5. The van der Waals surface area contributed by atoms with Crippen LogP contribution < -0.4 is 43.0 Å². The molecule has 0 saturated heterocycles. The van der Waals surface area contributed by atoms with Crippen LogP contribution in [0.1, 0.15) is 70.8 Å². The monoisotopic (exact) mass is 1100 g/mol. The molecule has 1 aromatic heterocycles. The number of imidazole rings is 1. The number of primary amides is 1. The van der Waals surface area contributed by atoms with Crippen LogP contribution >= 0.6 is 0 Å². The second-order valence-corrected chi connectivity index (χ2v) is 18.6. The third-order valence-electron chi connectivity index (χ3n) is 11.5. The molecule has 0 fully saturated rings. The summed E-state index contributed by atoms with van der Waals surface area (Å²) in [5.41, 5.74) is 12.1. The summed E-state index contributed by atoms with van der Waals surface area (Å²) in [5.74, 6) is -8.22. The molecule has 3 unspecified atom stereocenters. The first kappa shape index (κ1) is 62.0. The van der Waals surface area contributed by atoms with Crippen LogP contribution in [0.3, 0.4) is 0 Å². The zero-order valence-electron chi connectivity index (χ0n) is 42.7. The van der Waals surface area contributed by atoms with E-state index in [0.29, 0.717) is 5.82 Å². The third kappa shape index (κ3) is 18.3. The summed E-state index contributed by atoms with van der Waals surface area (Å²) in [6, 6.07) is 13.0. The van der Waals surface area contributed by atoms with E-state index < -0.39 is 107 Å². The van der Waals surface area contributed by atoms with Gasteiger partial charge in [0, 0.05) is 62.2 Å². The number of amides is 9. The lowest BCUT2D eigenvalue weighted by Crippen LogP contribution is -2.52. The topological polar surface area (TPSA) is 331 Å². The van der Waals surface area contributed by atoms with Crippen LogP contribution in [0, 0.1) is 17.0 Å². The smallest absolute Gasteiger partial charge is 0.475 e. The molecule has 1 aliphatic heterocycles. The molecule has 11 N–H and O–H groups in total. The summed E-state index contributed by atoms with van der Waals surface area (Å²) >= 11 is 0. The quantitative estimate of drug-likeness (QED) is 0.0293. The lowest BCUT2D eigenvalue weighted by atomic mass is 9.84. The van der Waals surface area contributed by atoms with Gasteiger partial charge in [-0.3, -0.25) is 33.6 Å². The molecule has 4 atom stereocenters. The Hall–Kier alpha value is -8.59. The minimum Gasteiger partial charge on any atom is -0.475 e. The average molecular weight is 1100 g/mol. The number of benzene rings is 3. The van der Waals surface area contributed by atoms with Crippen LogP contribution in [-0.4, -0.2) is 129 Å². The van der Waals surface area contributed by atoms with E-state index in [1.807, 2.05) is 51.1 Å². The average Bonchev–Trinajstić information content (AvgIpc) is 3.99. The molecule has 0 saturated carbocycles. The van der Waals surface area contributed by atoms with E-state index >= 15 is 4.39 Å². The number of aromatic nitrogens is 2. The maximum Gasteiger partial charge on any atom is 0.490 e. The first-order valence-electron chi connectivity index (χ1n) is 24.0. The Morgan fingerprint density at radius 2 is 1.45 bits per heavy atom. The van der Waals surface area contributed by atoms with Gasteiger partial charge >= 0.3 is 18.2 Å². The molecule has 27 heteroatoms. The summed E-state index contributed by atoms with van der Waals surface area (Å²) < 4.78 is 62.9. The van der Waals surface area contributed by atoms with Gasteiger partial charge in [-0.1, -0.05) is 51.1 Å². The molecule has 1 aliphatic rings. The second-order valence-electron chi connectivity index (χ2n) is 18.6. The number of anilines is 2. The van der Waals surface area contributed by atoms with E-state index in [-0.39, 0.29) is 74.5 Å². The minimum absolute atomic E-state index is 0.0471. The third-order valence-corrected chi connectivity index (χ3v) is 11.5. The number of nitrogens with one attached hydrogen (secondary N) is 5. The van der Waals surface area contributed by atoms with Crippen LogP contribution in [0.5, 0.6) is 0 Å². The van der Waals surface area contributed by atoms with Gasteiger partial charge in [0.05, 0.1) is 23.5 Å². The largest absolute Gasteiger partial charge is 0.490 e. The van der Waals surface area contributed by atoms with Crippen molar-refractivity contribution in [2.75, 3.05) is 36.5 Å². The fraction of sp³-hybridized carbons (Fsp3) is 0.373. The second kappa shape index (κ2) is 28.0. The number of aliphatic hydroxyl groups excluding tert-OH is 1. The van der Waals surface area contributed by atoms with E-state index in [1.165, 1.54) is 36.1 Å². The number of nitrogens with zero attached hydrogens (tertiary/aromatic N) is 4. The molecule has 0 spiro atoms. The number of hydrogen-bond acceptors (Lipinski definition) is 12. The van der Waals surface area contributed by atoms with E-state index in [0.717, 1.165) is 40.8 Å². The number of carboxylic acid groups (broad SMARTS) is 1. The minimum atomic E-state index is -5.08. The molecule has 4 aromatic rings. The molecule has 78 heavy (non-hydrogen) atoms. The Labute approximate surface area is 443 Å².